The lowest BCUT2D eigenvalue weighted by Crippen LogP contribution is -2.14. The van der Waals surface area contributed by atoms with Crippen LogP contribution < -0.4 is 9.47 Å². The van der Waals surface area contributed by atoms with Crippen LogP contribution in [0.4, 0.5) is 0 Å². The minimum Gasteiger partial charge on any atom is -0.506 e. The molecule has 212 valence electrons. The molecule has 0 spiro atoms. The Hall–Kier alpha value is -3.43. The molecule has 1 amide bonds. The number of ether oxygens (including phenoxy) is 3. The third-order valence-corrected chi connectivity index (χ3v) is 7.71. The molecule has 0 saturated heterocycles. The largest absolute Gasteiger partial charge is 0.506 e. The van der Waals surface area contributed by atoms with Gasteiger partial charge in [0.2, 0.25) is 0 Å². The summed E-state index contributed by atoms with van der Waals surface area (Å²) < 4.78 is 16.9. The number of thioether (sulfide) groups is 1. The van der Waals surface area contributed by atoms with Gasteiger partial charge in [-0.2, -0.15) is 0 Å². The molecule has 1 N–H and O–H groups in total. The lowest BCUT2D eigenvalue weighted by molar-refractivity contribution is -0.138. The van der Waals surface area contributed by atoms with Gasteiger partial charge in [-0.1, -0.05) is 70.8 Å². The number of aliphatic imine (C=N–C) groups is 1. The quantitative estimate of drug-likeness (QED) is 0.237. The predicted molar refractivity (Wildman–Crippen MR) is 163 cm³/mol. The molecule has 7 nitrogen and oxygen atoms in total. The van der Waals surface area contributed by atoms with Crippen LogP contribution in [0.2, 0.25) is 15.1 Å². The van der Waals surface area contributed by atoms with Crippen molar-refractivity contribution in [1.82, 2.24) is 0 Å². The molecule has 4 rings (SSSR count). The van der Waals surface area contributed by atoms with E-state index in [9.17, 15) is 14.7 Å². The van der Waals surface area contributed by atoms with E-state index in [0.29, 0.717) is 38.6 Å². The minimum atomic E-state index is -0.798. The maximum atomic E-state index is 12.9. The van der Waals surface area contributed by atoms with Crippen LogP contribution in [0.5, 0.6) is 11.5 Å². The number of carbonyl (C=O) groups excluding carboxylic acids is 2. The summed E-state index contributed by atoms with van der Waals surface area (Å²) in [5, 5.41) is 12.1. The van der Waals surface area contributed by atoms with Crippen LogP contribution in [0.3, 0.4) is 0 Å². The zero-order chi connectivity index (χ0) is 29.5. The third kappa shape index (κ3) is 7.45. The molecule has 0 unspecified atom stereocenters. The molecule has 0 radical (unpaired) electrons. The van der Waals surface area contributed by atoms with Crippen LogP contribution in [0.15, 0.2) is 81.9 Å². The highest BCUT2D eigenvalue weighted by molar-refractivity contribution is 8.18. The Bertz CT molecular complexity index is 1580. The summed E-state index contributed by atoms with van der Waals surface area (Å²) in [6.07, 6.45) is 1.65. The molecule has 11 heteroatoms. The lowest BCUT2D eigenvalue weighted by Gasteiger charge is -2.13. The van der Waals surface area contributed by atoms with E-state index in [0.717, 1.165) is 17.3 Å². The first-order valence-corrected chi connectivity index (χ1v) is 14.4. The Kier molecular flexibility index (Phi) is 10.4. The van der Waals surface area contributed by atoms with Crippen molar-refractivity contribution in [3.63, 3.8) is 0 Å². The summed E-state index contributed by atoms with van der Waals surface area (Å²) in [5.74, 6) is -0.832. The molecule has 0 aromatic heterocycles. The highest BCUT2D eigenvalue weighted by Gasteiger charge is 2.34. The number of hydrogen-bond acceptors (Lipinski definition) is 7. The average Bonchev–Trinajstić information content (AvgIpc) is 3.24. The molecule has 1 heterocycles. The van der Waals surface area contributed by atoms with Crippen molar-refractivity contribution in [1.29, 1.82) is 0 Å². The van der Waals surface area contributed by atoms with Gasteiger partial charge in [0.1, 0.15) is 23.0 Å². The standard InChI is InChI=1S/C30H24Cl3NO6S/c1-3-38-24-14-17(10-12-23(24)40-16-18-9-11-21(32)22(33)13-18)15-25-27(35)26(30(37)39-4-2)29(41-25)34-28(36)19-7-5-6-8-20(19)31/h5-15,35H,3-4,16H2,1-2H3/b25-15-,34-29?. The zero-order valence-electron chi connectivity index (χ0n) is 21.9. The third-order valence-electron chi connectivity index (χ3n) is 5.62. The summed E-state index contributed by atoms with van der Waals surface area (Å²) in [5.41, 5.74) is 1.44. The van der Waals surface area contributed by atoms with Crippen LogP contribution in [-0.2, 0) is 16.1 Å². The smallest absolute Gasteiger partial charge is 0.344 e. The first kappa shape index (κ1) is 30.5. The Morgan fingerprint density at radius 1 is 0.902 bits per heavy atom. The monoisotopic (exact) mass is 631 g/mol. The van der Waals surface area contributed by atoms with E-state index in [-0.39, 0.29) is 40.2 Å². The number of halogens is 3. The van der Waals surface area contributed by atoms with Gasteiger partial charge in [-0.15, -0.1) is 0 Å². The second-order valence-electron chi connectivity index (χ2n) is 8.43. The maximum Gasteiger partial charge on any atom is 0.344 e. The first-order chi connectivity index (χ1) is 19.7. The van der Waals surface area contributed by atoms with Gasteiger partial charge in [0.05, 0.1) is 38.8 Å². The second-order valence-corrected chi connectivity index (χ2v) is 10.7. The van der Waals surface area contributed by atoms with Crippen molar-refractivity contribution in [2.75, 3.05) is 13.2 Å². The topological polar surface area (TPSA) is 94.4 Å². The minimum absolute atomic E-state index is 0.00345. The van der Waals surface area contributed by atoms with E-state index in [1.165, 1.54) is 6.07 Å². The van der Waals surface area contributed by atoms with E-state index in [2.05, 4.69) is 4.99 Å². The van der Waals surface area contributed by atoms with Crippen molar-refractivity contribution in [2.24, 2.45) is 4.99 Å². The number of carbonyl (C=O) groups is 2. The number of aliphatic hydroxyl groups excluding tert-OH is 1. The second kappa shape index (κ2) is 14.0. The molecule has 41 heavy (non-hydrogen) atoms. The molecule has 0 saturated carbocycles. The van der Waals surface area contributed by atoms with Crippen LogP contribution in [0.1, 0.15) is 35.3 Å². The molecule has 0 fully saturated rings. The number of esters is 1. The van der Waals surface area contributed by atoms with Gasteiger partial charge >= 0.3 is 5.97 Å². The van der Waals surface area contributed by atoms with E-state index in [1.807, 2.05) is 13.0 Å². The maximum absolute atomic E-state index is 12.9. The molecule has 0 atom stereocenters. The van der Waals surface area contributed by atoms with Crippen LogP contribution in [0.25, 0.3) is 6.08 Å². The van der Waals surface area contributed by atoms with E-state index >= 15 is 0 Å². The predicted octanol–water partition coefficient (Wildman–Crippen LogP) is 8.33. The summed E-state index contributed by atoms with van der Waals surface area (Å²) in [4.78, 5) is 30.0. The number of amides is 1. The summed E-state index contributed by atoms with van der Waals surface area (Å²) in [6.45, 7) is 4.18. The van der Waals surface area contributed by atoms with Gasteiger partial charge in [-0.05, 0) is 67.4 Å². The van der Waals surface area contributed by atoms with Crippen molar-refractivity contribution in [2.45, 2.75) is 20.5 Å². The van der Waals surface area contributed by atoms with Crippen LogP contribution in [0, 0.1) is 0 Å². The Morgan fingerprint density at radius 3 is 2.39 bits per heavy atom. The van der Waals surface area contributed by atoms with Gasteiger partial charge in [0, 0.05) is 0 Å². The van der Waals surface area contributed by atoms with E-state index in [4.69, 9.17) is 49.0 Å². The number of hydrogen-bond donors (Lipinski definition) is 1. The highest BCUT2D eigenvalue weighted by atomic mass is 35.5. The molecular weight excluding hydrogens is 609 g/mol. The van der Waals surface area contributed by atoms with Crippen molar-refractivity contribution >= 4 is 69.6 Å². The first-order valence-electron chi connectivity index (χ1n) is 12.4. The van der Waals surface area contributed by atoms with Gasteiger partial charge in [0.15, 0.2) is 11.5 Å². The Labute approximate surface area is 256 Å². The van der Waals surface area contributed by atoms with Crippen molar-refractivity contribution in [3.8, 4) is 11.5 Å². The fraction of sp³-hybridized carbons (Fsp3) is 0.167. The summed E-state index contributed by atoms with van der Waals surface area (Å²) in [6, 6.07) is 16.9. The summed E-state index contributed by atoms with van der Waals surface area (Å²) in [7, 11) is 0. The van der Waals surface area contributed by atoms with Gasteiger partial charge < -0.3 is 19.3 Å². The number of rotatable bonds is 9. The van der Waals surface area contributed by atoms with E-state index in [1.54, 1.807) is 61.5 Å². The van der Waals surface area contributed by atoms with Gasteiger partial charge in [-0.3, -0.25) is 4.79 Å². The summed E-state index contributed by atoms with van der Waals surface area (Å²) >= 11 is 19.2. The number of aliphatic hydroxyl groups is 1. The van der Waals surface area contributed by atoms with E-state index < -0.39 is 11.9 Å². The van der Waals surface area contributed by atoms with Gasteiger partial charge in [0.25, 0.3) is 5.91 Å². The number of benzene rings is 3. The molecule has 0 aliphatic carbocycles. The molecule has 1 aliphatic heterocycles. The molecular formula is C30H24Cl3NO6S. The van der Waals surface area contributed by atoms with Gasteiger partial charge in [-0.25, -0.2) is 9.79 Å². The van der Waals surface area contributed by atoms with Crippen molar-refractivity contribution < 1.29 is 28.9 Å². The normalized spacial score (nSPS) is 15.0. The molecule has 1 aliphatic rings. The Balaban J connectivity index is 1.64. The highest BCUT2D eigenvalue weighted by Crippen LogP contribution is 2.40. The van der Waals surface area contributed by atoms with Crippen molar-refractivity contribution in [3.05, 3.63) is 109 Å². The Morgan fingerprint density at radius 2 is 1.68 bits per heavy atom. The SMILES string of the molecule is CCOC(=O)C1=C(O)/C(=C/c2ccc(OCc3ccc(Cl)c(Cl)c3)c(OCC)c2)SC1=NC(=O)c1ccccc1Cl. The van der Waals surface area contributed by atoms with Crippen LogP contribution in [-0.4, -0.2) is 35.2 Å². The average molecular weight is 633 g/mol. The van der Waals surface area contributed by atoms with Crippen LogP contribution >= 0.6 is 46.6 Å². The zero-order valence-corrected chi connectivity index (χ0v) is 25.0. The fourth-order valence-corrected chi connectivity index (χ4v) is 5.27. The number of nitrogens with zero attached hydrogens (tertiary/aromatic N) is 1. The molecule has 0 bridgehead atoms. The lowest BCUT2D eigenvalue weighted by atomic mass is 10.1. The molecule has 3 aromatic carbocycles. The molecule has 3 aromatic rings. The fourth-order valence-electron chi connectivity index (χ4n) is 3.72.